The van der Waals surface area contributed by atoms with E-state index in [1.807, 2.05) is 19.1 Å². The van der Waals surface area contributed by atoms with E-state index >= 15 is 0 Å². The van der Waals surface area contributed by atoms with Gasteiger partial charge in [0.1, 0.15) is 22.8 Å². The molecule has 23 heavy (non-hydrogen) atoms. The molecule has 0 unspecified atom stereocenters. The number of aryl methyl sites for hydroxylation is 2. The third-order valence-corrected chi connectivity index (χ3v) is 3.59. The second kappa shape index (κ2) is 7.54. The van der Waals surface area contributed by atoms with Gasteiger partial charge in [0.25, 0.3) is 0 Å². The highest BCUT2D eigenvalue weighted by Gasteiger charge is 2.12. The Hall–Kier alpha value is -2.69. The van der Waals surface area contributed by atoms with Gasteiger partial charge in [-0.05, 0) is 31.7 Å². The van der Waals surface area contributed by atoms with E-state index in [-0.39, 0.29) is 0 Å². The fourth-order valence-corrected chi connectivity index (χ4v) is 2.36. The molecular formula is C18H21N3O2. The molecule has 2 aromatic rings. The Balaban J connectivity index is 2.42. The van der Waals surface area contributed by atoms with E-state index < -0.39 is 0 Å². The number of aliphatic imine (C=N–C) groups is 1. The normalized spacial score (nSPS) is 11.3. The summed E-state index contributed by atoms with van der Waals surface area (Å²) in [4.78, 5) is 13.0. The first-order valence-electron chi connectivity index (χ1n) is 7.29. The molecule has 0 fully saturated rings. The van der Waals surface area contributed by atoms with Gasteiger partial charge in [-0.3, -0.25) is 4.99 Å². The standard InChI is InChI=1S/C18H21N3O2/c1-6-13(11-19-3)7-8-17-20-12(2)15-9-14(22-4)10-16(23-5)18(15)21-17/h6,9-11H,1,3,7-8H2,2,4-5H3/b13-11+. The Kier molecular flexibility index (Phi) is 5.46. The van der Waals surface area contributed by atoms with Crippen molar-refractivity contribution in [3.8, 4) is 11.5 Å². The molecule has 0 spiro atoms. The number of ether oxygens (including phenoxy) is 2. The van der Waals surface area contributed by atoms with Crippen LogP contribution in [0, 0.1) is 6.92 Å². The lowest BCUT2D eigenvalue weighted by Crippen LogP contribution is -2.01. The monoisotopic (exact) mass is 311 g/mol. The number of rotatable bonds is 7. The molecule has 0 aliphatic heterocycles. The fraction of sp³-hybridized carbons (Fsp3) is 0.278. The van der Waals surface area contributed by atoms with Gasteiger partial charge in [-0.1, -0.05) is 12.7 Å². The summed E-state index contributed by atoms with van der Waals surface area (Å²) in [6, 6.07) is 3.75. The first kappa shape index (κ1) is 16.7. The Labute approximate surface area is 136 Å². The maximum atomic E-state index is 5.44. The molecule has 5 heteroatoms. The molecule has 2 rings (SSSR count). The predicted octanol–water partition coefficient (Wildman–Crippen LogP) is 3.66. The van der Waals surface area contributed by atoms with Crippen molar-refractivity contribution in [3.05, 3.63) is 48.1 Å². The molecular weight excluding hydrogens is 290 g/mol. The molecule has 0 radical (unpaired) electrons. The molecule has 0 aliphatic rings. The van der Waals surface area contributed by atoms with Crippen LogP contribution in [-0.2, 0) is 6.42 Å². The Bertz CT molecular complexity index is 766. The summed E-state index contributed by atoms with van der Waals surface area (Å²) >= 11 is 0. The van der Waals surface area contributed by atoms with Gasteiger partial charge < -0.3 is 9.47 Å². The van der Waals surface area contributed by atoms with Crippen LogP contribution < -0.4 is 9.47 Å². The zero-order valence-electron chi connectivity index (χ0n) is 13.8. The molecule has 0 bridgehead atoms. The minimum atomic E-state index is 0.679. The van der Waals surface area contributed by atoms with Crippen LogP contribution in [0.4, 0.5) is 0 Å². The molecule has 1 aromatic heterocycles. The molecule has 1 aromatic carbocycles. The summed E-state index contributed by atoms with van der Waals surface area (Å²) in [5, 5.41) is 0.928. The summed E-state index contributed by atoms with van der Waals surface area (Å²) in [6.45, 7) is 9.20. The van der Waals surface area contributed by atoms with E-state index in [0.717, 1.165) is 40.2 Å². The first-order chi connectivity index (χ1) is 11.1. The molecule has 0 amide bonds. The van der Waals surface area contributed by atoms with E-state index in [9.17, 15) is 0 Å². The third kappa shape index (κ3) is 3.74. The number of allylic oxidation sites excluding steroid dienone is 2. The van der Waals surface area contributed by atoms with Gasteiger partial charge in [-0.15, -0.1) is 0 Å². The van der Waals surface area contributed by atoms with E-state index in [0.29, 0.717) is 12.2 Å². The van der Waals surface area contributed by atoms with Crippen molar-refractivity contribution in [2.75, 3.05) is 14.2 Å². The molecule has 0 atom stereocenters. The zero-order chi connectivity index (χ0) is 16.8. The zero-order valence-corrected chi connectivity index (χ0v) is 13.8. The summed E-state index contributed by atoms with van der Waals surface area (Å²) in [5.74, 6) is 2.16. The van der Waals surface area contributed by atoms with E-state index in [1.54, 1.807) is 26.5 Å². The Morgan fingerprint density at radius 3 is 2.65 bits per heavy atom. The molecule has 0 N–H and O–H groups in total. The van der Waals surface area contributed by atoms with Crippen LogP contribution in [0.5, 0.6) is 11.5 Å². The number of aromatic nitrogens is 2. The highest BCUT2D eigenvalue weighted by Crippen LogP contribution is 2.31. The second-order valence-electron chi connectivity index (χ2n) is 5.04. The van der Waals surface area contributed by atoms with Gasteiger partial charge in [0, 0.05) is 29.8 Å². The van der Waals surface area contributed by atoms with Crippen LogP contribution >= 0.6 is 0 Å². The van der Waals surface area contributed by atoms with Crippen molar-refractivity contribution in [3.63, 3.8) is 0 Å². The Morgan fingerprint density at radius 2 is 2.04 bits per heavy atom. The first-order valence-corrected chi connectivity index (χ1v) is 7.29. The van der Waals surface area contributed by atoms with Crippen molar-refractivity contribution in [1.29, 1.82) is 0 Å². The maximum Gasteiger partial charge on any atom is 0.148 e. The van der Waals surface area contributed by atoms with Gasteiger partial charge in [-0.25, -0.2) is 9.97 Å². The highest BCUT2D eigenvalue weighted by atomic mass is 16.5. The number of nitrogens with zero attached hydrogens (tertiary/aromatic N) is 3. The topological polar surface area (TPSA) is 56.6 Å². The number of hydrogen-bond acceptors (Lipinski definition) is 5. The average molecular weight is 311 g/mol. The van der Waals surface area contributed by atoms with Crippen molar-refractivity contribution in [1.82, 2.24) is 9.97 Å². The van der Waals surface area contributed by atoms with E-state index in [2.05, 4.69) is 28.3 Å². The largest absolute Gasteiger partial charge is 0.497 e. The van der Waals surface area contributed by atoms with Gasteiger partial charge in [0.15, 0.2) is 0 Å². The lowest BCUT2D eigenvalue weighted by atomic mass is 10.1. The maximum absolute atomic E-state index is 5.44. The van der Waals surface area contributed by atoms with E-state index in [1.165, 1.54) is 0 Å². The average Bonchev–Trinajstić information content (AvgIpc) is 2.57. The van der Waals surface area contributed by atoms with Crippen LogP contribution in [0.3, 0.4) is 0 Å². The van der Waals surface area contributed by atoms with Crippen LogP contribution in [0.25, 0.3) is 10.9 Å². The number of hydrogen-bond donors (Lipinski definition) is 0. The molecule has 120 valence electrons. The van der Waals surface area contributed by atoms with Crippen LogP contribution in [0.15, 0.2) is 41.6 Å². The number of benzene rings is 1. The Morgan fingerprint density at radius 1 is 1.26 bits per heavy atom. The van der Waals surface area contributed by atoms with Crippen molar-refractivity contribution >= 4 is 17.6 Å². The SMILES string of the molecule is C=C/C(=C\N=C)CCc1nc(C)c2cc(OC)cc(OC)c2n1. The molecule has 1 heterocycles. The number of methoxy groups -OCH3 is 2. The summed E-state index contributed by atoms with van der Waals surface area (Å²) in [6.07, 6.45) is 4.92. The van der Waals surface area contributed by atoms with E-state index in [4.69, 9.17) is 9.47 Å². The van der Waals surface area contributed by atoms with Crippen LogP contribution in [0.1, 0.15) is 17.9 Å². The lowest BCUT2D eigenvalue weighted by molar-refractivity contribution is 0.397. The van der Waals surface area contributed by atoms with Gasteiger partial charge in [-0.2, -0.15) is 0 Å². The fourth-order valence-electron chi connectivity index (χ4n) is 2.36. The van der Waals surface area contributed by atoms with Crippen molar-refractivity contribution in [2.45, 2.75) is 19.8 Å². The molecule has 0 aliphatic carbocycles. The summed E-state index contributed by atoms with van der Waals surface area (Å²) in [7, 11) is 3.25. The molecule has 0 saturated carbocycles. The predicted molar refractivity (Wildman–Crippen MR) is 93.5 cm³/mol. The highest BCUT2D eigenvalue weighted by molar-refractivity contribution is 5.88. The van der Waals surface area contributed by atoms with Crippen LogP contribution in [0.2, 0.25) is 0 Å². The number of fused-ring (bicyclic) bond motifs is 1. The minimum Gasteiger partial charge on any atom is -0.497 e. The van der Waals surface area contributed by atoms with Crippen molar-refractivity contribution < 1.29 is 9.47 Å². The van der Waals surface area contributed by atoms with Gasteiger partial charge in [0.2, 0.25) is 0 Å². The van der Waals surface area contributed by atoms with Gasteiger partial charge in [0.05, 0.1) is 14.2 Å². The summed E-state index contributed by atoms with van der Waals surface area (Å²) in [5.41, 5.74) is 2.69. The molecule has 5 nitrogen and oxygen atoms in total. The van der Waals surface area contributed by atoms with Crippen molar-refractivity contribution in [2.24, 2.45) is 4.99 Å². The lowest BCUT2D eigenvalue weighted by Gasteiger charge is -2.11. The summed E-state index contributed by atoms with van der Waals surface area (Å²) < 4.78 is 10.7. The third-order valence-electron chi connectivity index (χ3n) is 3.59. The minimum absolute atomic E-state index is 0.679. The second-order valence-corrected chi connectivity index (χ2v) is 5.04. The smallest absolute Gasteiger partial charge is 0.148 e. The van der Waals surface area contributed by atoms with Gasteiger partial charge >= 0.3 is 0 Å². The quantitative estimate of drug-likeness (QED) is 0.578. The van der Waals surface area contributed by atoms with Crippen LogP contribution in [-0.4, -0.2) is 30.9 Å². The molecule has 0 saturated heterocycles.